The zero-order chi connectivity index (χ0) is 22.1. The molecule has 2 fully saturated rings. The fraction of sp³-hybridized carbons (Fsp3) is 0.632. The van der Waals surface area contributed by atoms with Gasteiger partial charge in [0.15, 0.2) is 0 Å². The van der Waals surface area contributed by atoms with E-state index in [1.54, 1.807) is 0 Å². The first kappa shape index (κ1) is 23.2. The lowest BCUT2D eigenvalue weighted by atomic mass is 9.99. The summed E-state index contributed by atoms with van der Waals surface area (Å²) in [6.45, 7) is 2.30. The van der Waals surface area contributed by atoms with Crippen molar-refractivity contribution in [3.63, 3.8) is 0 Å². The van der Waals surface area contributed by atoms with Crippen molar-refractivity contribution in [3.05, 3.63) is 28.8 Å². The summed E-state index contributed by atoms with van der Waals surface area (Å²) in [7, 11) is 0. The average molecular weight is 458 g/mol. The molecule has 0 spiro atoms. The molecule has 3 rings (SSSR count). The summed E-state index contributed by atoms with van der Waals surface area (Å²) >= 11 is 0.670. The number of benzene rings is 1. The van der Waals surface area contributed by atoms with Gasteiger partial charge < -0.3 is 10.1 Å². The minimum absolute atomic E-state index is 0. The van der Waals surface area contributed by atoms with Crippen LogP contribution in [-0.2, 0) is 17.1 Å². The zero-order valence-electron chi connectivity index (χ0n) is 16.2. The van der Waals surface area contributed by atoms with E-state index in [0.29, 0.717) is 30.9 Å². The van der Waals surface area contributed by atoms with Gasteiger partial charge in [-0.1, -0.05) is 0 Å². The fourth-order valence-corrected chi connectivity index (χ4v) is 4.66. The molecule has 2 atom stereocenters. The number of rotatable bonds is 4. The number of nitrogens with one attached hydrogen (secondary N) is 1. The predicted octanol–water partition coefficient (Wildman–Crippen LogP) is 4.68. The molecule has 0 aromatic heterocycles. The standard InChI is InChI=1S/C19H22F6N2O2S.H2/c1-30-15-9-11(18(20,21)22)8-12(19(23,24)25)16(15)17(28)26-13-10-29-7-4-14(13)27-5-2-3-6-27;/h8-9,13-14H,2-7,10H2,1H3,(H,26,28);1H/t13-,14-;/m1./s1. The van der Waals surface area contributed by atoms with E-state index in [-0.39, 0.29) is 25.0 Å². The number of ether oxygens (including phenoxy) is 1. The lowest BCUT2D eigenvalue weighted by molar-refractivity contribution is -0.143. The molecule has 1 N–H and O–H groups in total. The molecule has 1 aromatic carbocycles. The highest BCUT2D eigenvalue weighted by Crippen LogP contribution is 2.41. The Balaban J connectivity index is 0.00000341. The van der Waals surface area contributed by atoms with Crippen molar-refractivity contribution in [2.75, 3.05) is 32.6 Å². The molecule has 0 aliphatic carbocycles. The number of alkyl halides is 6. The van der Waals surface area contributed by atoms with E-state index in [4.69, 9.17) is 4.74 Å². The number of amides is 1. The molecule has 4 nitrogen and oxygen atoms in total. The topological polar surface area (TPSA) is 41.6 Å². The van der Waals surface area contributed by atoms with Crippen molar-refractivity contribution in [1.29, 1.82) is 0 Å². The van der Waals surface area contributed by atoms with E-state index < -0.39 is 41.0 Å². The van der Waals surface area contributed by atoms with Crippen LogP contribution in [0.15, 0.2) is 17.0 Å². The normalized spacial score (nSPS) is 23.6. The Labute approximate surface area is 175 Å². The first-order chi connectivity index (χ1) is 14.0. The molecule has 170 valence electrons. The molecular formula is C19H24F6N2O2S. The van der Waals surface area contributed by atoms with E-state index in [1.807, 2.05) is 0 Å². The van der Waals surface area contributed by atoms with Crippen LogP contribution in [0.1, 0.15) is 42.2 Å². The maximum atomic E-state index is 13.6. The van der Waals surface area contributed by atoms with Gasteiger partial charge in [0.2, 0.25) is 0 Å². The van der Waals surface area contributed by atoms with Crippen LogP contribution in [0, 0.1) is 0 Å². The SMILES string of the molecule is CSc1cc(C(F)(F)F)cc(C(F)(F)F)c1C(=O)N[C@@H]1COCC[C@H]1N1CCCC1.[HH]. The largest absolute Gasteiger partial charge is 0.417 e. The van der Waals surface area contributed by atoms with Crippen LogP contribution >= 0.6 is 11.8 Å². The van der Waals surface area contributed by atoms with Gasteiger partial charge >= 0.3 is 12.4 Å². The molecule has 0 bridgehead atoms. The van der Waals surface area contributed by atoms with Crippen LogP contribution in [-0.4, -0.2) is 55.4 Å². The highest BCUT2D eigenvalue weighted by Gasteiger charge is 2.42. The molecule has 1 aromatic rings. The molecule has 0 saturated carbocycles. The summed E-state index contributed by atoms with van der Waals surface area (Å²) in [6, 6.07) is -0.0252. The first-order valence-corrected chi connectivity index (χ1v) is 10.7. The maximum absolute atomic E-state index is 13.6. The Morgan fingerprint density at radius 3 is 2.40 bits per heavy atom. The van der Waals surface area contributed by atoms with Gasteiger partial charge in [0.1, 0.15) is 0 Å². The van der Waals surface area contributed by atoms with Crippen LogP contribution in [0.3, 0.4) is 0 Å². The van der Waals surface area contributed by atoms with Crippen LogP contribution < -0.4 is 5.32 Å². The van der Waals surface area contributed by atoms with E-state index in [2.05, 4.69) is 10.2 Å². The molecule has 30 heavy (non-hydrogen) atoms. The van der Waals surface area contributed by atoms with Gasteiger partial charge in [-0.3, -0.25) is 9.69 Å². The minimum Gasteiger partial charge on any atom is -0.379 e. The molecule has 0 radical (unpaired) electrons. The number of hydrogen-bond acceptors (Lipinski definition) is 4. The lowest BCUT2D eigenvalue weighted by Crippen LogP contribution is -2.56. The van der Waals surface area contributed by atoms with Gasteiger partial charge in [-0.25, -0.2) is 0 Å². The Morgan fingerprint density at radius 1 is 1.17 bits per heavy atom. The van der Waals surface area contributed by atoms with E-state index in [1.165, 1.54) is 6.26 Å². The molecule has 1 amide bonds. The van der Waals surface area contributed by atoms with Gasteiger partial charge in [0.25, 0.3) is 5.91 Å². The van der Waals surface area contributed by atoms with Crippen molar-refractivity contribution < 1.29 is 37.3 Å². The van der Waals surface area contributed by atoms with Crippen molar-refractivity contribution in [3.8, 4) is 0 Å². The van der Waals surface area contributed by atoms with E-state index in [9.17, 15) is 31.1 Å². The Morgan fingerprint density at radius 2 is 1.83 bits per heavy atom. The van der Waals surface area contributed by atoms with E-state index in [0.717, 1.165) is 25.9 Å². The summed E-state index contributed by atoms with van der Waals surface area (Å²) in [5, 5.41) is 2.61. The summed E-state index contributed by atoms with van der Waals surface area (Å²) in [4.78, 5) is 14.7. The van der Waals surface area contributed by atoms with Gasteiger partial charge in [0, 0.05) is 19.0 Å². The second-order valence-corrected chi connectivity index (χ2v) is 8.20. The van der Waals surface area contributed by atoms with E-state index >= 15 is 0 Å². The van der Waals surface area contributed by atoms with Crippen molar-refractivity contribution >= 4 is 17.7 Å². The average Bonchev–Trinajstić information content (AvgIpc) is 3.20. The second kappa shape index (κ2) is 8.96. The van der Waals surface area contributed by atoms with Crippen molar-refractivity contribution in [2.45, 2.75) is 48.6 Å². The van der Waals surface area contributed by atoms with Crippen molar-refractivity contribution in [2.24, 2.45) is 0 Å². The van der Waals surface area contributed by atoms with Gasteiger partial charge in [-0.15, -0.1) is 11.8 Å². The fourth-order valence-electron chi connectivity index (χ4n) is 4.01. The quantitative estimate of drug-likeness (QED) is 0.526. The maximum Gasteiger partial charge on any atom is 0.417 e. The third-order valence-corrected chi connectivity index (χ3v) is 6.19. The first-order valence-electron chi connectivity index (χ1n) is 9.51. The Kier molecular flexibility index (Phi) is 6.93. The van der Waals surface area contributed by atoms with Crippen LogP contribution in [0.4, 0.5) is 26.3 Å². The Hall–Kier alpha value is -1.46. The number of thioether (sulfide) groups is 1. The number of halogens is 6. The number of hydrogen-bond donors (Lipinski definition) is 1. The molecule has 2 saturated heterocycles. The van der Waals surface area contributed by atoms with Crippen LogP contribution in [0.2, 0.25) is 0 Å². The molecule has 2 aliphatic rings. The van der Waals surface area contributed by atoms with Crippen LogP contribution in [0.25, 0.3) is 0 Å². The number of likely N-dealkylation sites (tertiary alicyclic amines) is 1. The summed E-state index contributed by atoms with van der Waals surface area (Å²) in [6.07, 6.45) is -6.10. The highest BCUT2D eigenvalue weighted by atomic mass is 32.2. The number of carbonyl (C=O) groups is 1. The van der Waals surface area contributed by atoms with Crippen LogP contribution in [0.5, 0.6) is 0 Å². The monoisotopic (exact) mass is 458 g/mol. The smallest absolute Gasteiger partial charge is 0.379 e. The third kappa shape index (κ3) is 5.05. The lowest BCUT2D eigenvalue weighted by Gasteiger charge is -2.38. The Bertz CT molecular complexity index is 784. The molecular weight excluding hydrogens is 434 g/mol. The molecule has 2 aliphatic heterocycles. The summed E-state index contributed by atoms with van der Waals surface area (Å²) in [5.74, 6) is -1.04. The predicted molar refractivity (Wildman–Crippen MR) is 102 cm³/mol. The molecule has 0 unspecified atom stereocenters. The summed E-state index contributed by atoms with van der Waals surface area (Å²) in [5.41, 5.74) is -3.81. The van der Waals surface area contributed by atoms with Gasteiger partial charge in [-0.05, 0) is 50.7 Å². The minimum atomic E-state index is -5.12. The van der Waals surface area contributed by atoms with Crippen molar-refractivity contribution in [1.82, 2.24) is 10.2 Å². The molecule has 2 heterocycles. The third-order valence-electron chi connectivity index (χ3n) is 5.43. The second-order valence-electron chi connectivity index (χ2n) is 7.35. The summed E-state index contributed by atoms with van der Waals surface area (Å²) < 4.78 is 85.5. The zero-order valence-corrected chi connectivity index (χ0v) is 17.0. The number of nitrogens with zero attached hydrogens (tertiary/aromatic N) is 1. The van der Waals surface area contributed by atoms with Gasteiger partial charge in [0.05, 0.1) is 29.3 Å². The number of carbonyl (C=O) groups excluding carboxylic acids is 1. The van der Waals surface area contributed by atoms with Gasteiger partial charge in [-0.2, -0.15) is 26.3 Å². The molecule has 11 heteroatoms. The highest BCUT2D eigenvalue weighted by molar-refractivity contribution is 7.98.